The molecule has 0 radical (unpaired) electrons. The van der Waals surface area contributed by atoms with Gasteiger partial charge in [0.1, 0.15) is 11.5 Å². The Morgan fingerprint density at radius 3 is 2.50 bits per heavy atom. The van der Waals surface area contributed by atoms with Gasteiger partial charge in [-0.3, -0.25) is 0 Å². The van der Waals surface area contributed by atoms with Crippen LogP contribution in [-0.2, 0) is 0 Å². The third kappa shape index (κ3) is 1.12. The van der Waals surface area contributed by atoms with Gasteiger partial charge in [-0.1, -0.05) is 0 Å². The Morgan fingerprint density at radius 1 is 1.17 bits per heavy atom. The lowest BCUT2D eigenvalue weighted by Gasteiger charge is -1.97. The van der Waals surface area contributed by atoms with Gasteiger partial charge in [-0.2, -0.15) is 15.0 Å². The molecule has 0 saturated carbocycles. The zero-order chi connectivity index (χ0) is 8.39. The predicted octanol–water partition coefficient (Wildman–Crippen LogP) is 0.244. The zero-order valence-electron chi connectivity index (χ0n) is 6.25. The number of hydrogen-bond acceptors (Lipinski definition) is 4. The lowest BCUT2D eigenvalue weighted by atomic mass is 10.4. The number of aromatic nitrogens is 4. The highest BCUT2D eigenvalue weighted by Gasteiger charge is 1.95. The van der Waals surface area contributed by atoms with Crippen LogP contribution < -0.4 is 5.73 Å². The Kier molecular flexibility index (Phi) is 1.48. The molecule has 5 nitrogen and oxygen atoms in total. The van der Waals surface area contributed by atoms with Crippen molar-refractivity contribution in [3.8, 4) is 5.69 Å². The number of nitrogens with zero attached hydrogens (tertiary/aromatic N) is 4. The minimum atomic E-state index is 0.492. The molecule has 2 heterocycles. The van der Waals surface area contributed by atoms with Crippen molar-refractivity contribution >= 4 is 5.82 Å². The molecule has 0 saturated heterocycles. The normalized spacial score (nSPS) is 10.0. The van der Waals surface area contributed by atoms with Gasteiger partial charge in [0.15, 0.2) is 0 Å². The molecule has 0 aliphatic heterocycles. The van der Waals surface area contributed by atoms with Crippen molar-refractivity contribution in [2.75, 3.05) is 5.73 Å². The third-order valence-corrected chi connectivity index (χ3v) is 1.42. The first-order valence-corrected chi connectivity index (χ1v) is 3.44. The number of nitrogens with two attached hydrogens (primary N) is 1. The number of nitrogen functional groups attached to an aromatic ring is 1. The summed E-state index contributed by atoms with van der Waals surface area (Å²) in [6.45, 7) is 0. The van der Waals surface area contributed by atoms with Gasteiger partial charge in [-0.15, -0.1) is 0 Å². The van der Waals surface area contributed by atoms with E-state index in [1.54, 1.807) is 24.7 Å². The van der Waals surface area contributed by atoms with E-state index in [-0.39, 0.29) is 0 Å². The fraction of sp³-hybridized carbons (Fsp3) is 0. The Hall–Kier alpha value is -1.91. The molecule has 5 heteroatoms. The van der Waals surface area contributed by atoms with Gasteiger partial charge in [0.25, 0.3) is 0 Å². The van der Waals surface area contributed by atoms with Crippen LogP contribution in [0.3, 0.4) is 0 Å². The summed E-state index contributed by atoms with van der Waals surface area (Å²) in [5.74, 6) is 0.492. The van der Waals surface area contributed by atoms with Crippen molar-refractivity contribution in [1.29, 1.82) is 0 Å². The third-order valence-electron chi connectivity index (χ3n) is 1.42. The molecule has 2 rings (SSSR count). The van der Waals surface area contributed by atoms with E-state index in [4.69, 9.17) is 5.73 Å². The highest BCUT2D eigenvalue weighted by molar-refractivity contribution is 5.35. The molecule has 0 bridgehead atoms. The molecule has 0 aliphatic carbocycles. The monoisotopic (exact) mass is 161 g/mol. The standard InChI is InChI=1S/C7H7N5/c8-7-2-1-6(5-9-7)12-10-3-4-11-12/h1-5H,(H2,8,9). The fourth-order valence-corrected chi connectivity index (χ4v) is 0.865. The highest BCUT2D eigenvalue weighted by atomic mass is 15.5. The maximum atomic E-state index is 5.42. The van der Waals surface area contributed by atoms with Gasteiger partial charge in [-0.25, -0.2) is 4.98 Å². The molecule has 0 spiro atoms. The fourth-order valence-electron chi connectivity index (χ4n) is 0.865. The van der Waals surface area contributed by atoms with Gasteiger partial charge in [-0.05, 0) is 12.1 Å². The van der Waals surface area contributed by atoms with Gasteiger partial charge in [0.2, 0.25) is 0 Å². The van der Waals surface area contributed by atoms with Crippen molar-refractivity contribution in [3.63, 3.8) is 0 Å². The van der Waals surface area contributed by atoms with E-state index >= 15 is 0 Å². The van der Waals surface area contributed by atoms with Gasteiger partial charge < -0.3 is 5.73 Å². The predicted molar refractivity (Wildman–Crippen MR) is 43.6 cm³/mol. The van der Waals surface area contributed by atoms with E-state index in [9.17, 15) is 0 Å². The molecule has 2 aromatic rings. The van der Waals surface area contributed by atoms with Crippen LogP contribution in [-0.4, -0.2) is 20.0 Å². The molecular weight excluding hydrogens is 154 g/mol. The number of anilines is 1. The minimum Gasteiger partial charge on any atom is -0.384 e. The Labute approximate surface area is 68.8 Å². The van der Waals surface area contributed by atoms with Crippen LogP contribution in [0.2, 0.25) is 0 Å². The molecule has 2 N–H and O–H groups in total. The quantitative estimate of drug-likeness (QED) is 0.650. The van der Waals surface area contributed by atoms with Crippen molar-refractivity contribution in [2.45, 2.75) is 0 Å². The van der Waals surface area contributed by atoms with E-state index in [2.05, 4.69) is 15.2 Å². The van der Waals surface area contributed by atoms with Crippen LogP contribution in [0, 0.1) is 0 Å². The topological polar surface area (TPSA) is 69.6 Å². The van der Waals surface area contributed by atoms with Gasteiger partial charge >= 0.3 is 0 Å². The first-order chi connectivity index (χ1) is 5.86. The summed E-state index contributed by atoms with van der Waals surface area (Å²) in [6, 6.07) is 3.51. The second kappa shape index (κ2) is 2.61. The molecule has 0 aliphatic rings. The molecule has 12 heavy (non-hydrogen) atoms. The Morgan fingerprint density at radius 2 is 1.92 bits per heavy atom. The van der Waals surface area contributed by atoms with E-state index in [1.165, 1.54) is 4.80 Å². The highest BCUT2D eigenvalue weighted by Crippen LogP contribution is 2.03. The summed E-state index contributed by atoms with van der Waals surface area (Å²) in [5.41, 5.74) is 6.22. The van der Waals surface area contributed by atoms with Crippen molar-refractivity contribution in [2.24, 2.45) is 0 Å². The van der Waals surface area contributed by atoms with Crippen molar-refractivity contribution < 1.29 is 0 Å². The maximum absolute atomic E-state index is 5.42. The summed E-state index contributed by atoms with van der Waals surface area (Å²) < 4.78 is 0. The smallest absolute Gasteiger partial charge is 0.123 e. The number of pyridine rings is 1. The molecular formula is C7H7N5. The maximum Gasteiger partial charge on any atom is 0.123 e. The van der Waals surface area contributed by atoms with E-state index in [0.29, 0.717) is 5.82 Å². The SMILES string of the molecule is Nc1ccc(-n2nccn2)cn1. The number of hydrogen-bond donors (Lipinski definition) is 1. The van der Waals surface area contributed by atoms with E-state index in [1.807, 2.05) is 6.07 Å². The first-order valence-electron chi connectivity index (χ1n) is 3.44. The van der Waals surface area contributed by atoms with Crippen molar-refractivity contribution in [1.82, 2.24) is 20.0 Å². The van der Waals surface area contributed by atoms with Crippen LogP contribution >= 0.6 is 0 Å². The van der Waals surface area contributed by atoms with Crippen LogP contribution in [0.25, 0.3) is 5.69 Å². The van der Waals surface area contributed by atoms with Gasteiger partial charge in [0.05, 0.1) is 18.6 Å². The summed E-state index contributed by atoms with van der Waals surface area (Å²) in [6.07, 6.45) is 4.84. The molecule has 0 atom stereocenters. The molecule has 0 aromatic carbocycles. The lowest BCUT2D eigenvalue weighted by Crippen LogP contribution is -1.99. The molecule has 0 amide bonds. The second-order valence-electron chi connectivity index (χ2n) is 2.26. The van der Waals surface area contributed by atoms with Crippen LogP contribution in [0.5, 0.6) is 0 Å². The average Bonchev–Trinajstić information content (AvgIpc) is 2.58. The molecule has 0 fully saturated rings. The van der Waals surface area contributed by atoms with Gasteiger partial charge in [0, 0.05) is 0 Å². The largest absolute Gasteiger partial charge is 0.384 e. The Bertz CT molecular complexity index is 350. The lowest BCUT2D eigenvalue weighted by molar-refractivity contribution is 0.748. The zero-order valence-corrected chi connectivity index (χ0v) is 6.25. The summed E-state index contributed by atoms with van der Waals surface area (Å²) in [5, 5.41) is 7.88. The summed E-state index contributed by atoms with van der Waals surface area (Å²) >= 11 is 0. The van der Waals surface area contributed by atoms with Crippen LogP contribution in [0.1, 0.15) is 0 Å². The molecule has 2 aromatic heterocycles. The summed E-state index contributed by atoms with van der Waals surface area (Å²) in [7, 11) is 0. The second-order valence-corrected chi connectivity index (χ2v) is 2.26. The first kappa shape index (κ1) is 6.78. The number of rotatable bonds is 1. The van der Waals surface area contributed by atoms with E-state index in [0.717, 1.165) is 5.69 Å². The Balaban J connectivity index is 2.43. The molecule has 0 unspecified atom stereocenters. The minimum absolute atomic E-state index is 0.492. The molecule has 60 valence electrons. The summed E-state index contributed by atoms with van der Waals surface area (Å²) in [4.78, 5) is 5.39. The van der Waals surface area contributed by atoms with Crippen LogP contribution in [0.15, 0.2) is 30.7 Å². The van der Waals surface area contributed by atoms with Crippen molar-refractivity contribution in [3.05, 3.63) is 30.7 Å². The average molecular weight is 161 g/mol. The van der Waals surface area contributed by atoms with E-state index < -0.39 is 0 Å². The van der Waals surface area contributed by atoms with Crippen LogP contribution in [0.4, 0.5) is 5.82 Å².